The van der Waals surface area contributed by atoms with Crippen molar-refractivity contribution in [2.24, 2.45) is 5.92 Å². The average Bonchev–Trinajstić information content (AvgIpc) is 2.73. The van der Waals surface area contributed by atoms with Crippen LogP contribution in [0, 0.1) is 5.92 Å². The van der Waals surface area contributed by atoms with Crippen LogP contribution in [0.2, 0.25) is 0 Å². The van der Waals surface area contributed by atoms with Crippen molar-refractivity contribution in [3.8, 4) is 0 Å². The Morgan fingerprint density at radius 1 is 1.35 bits per heavy atom. The van der Waals surface area contributed by atoms with E-state index in [0.29, 0.717) is 17.9 Å². The van der Waals surface area contributed by atoms with Crippen molar-refractivity contribution in [3.05, 3.63) is 0 Å². The fourth-order valence-corrected chi connectivity index (χ4v) is 3.48. The van der Waals surface area contributed by atoms with E-state index in [9.17, 15) is 4.79 Å². The molecule has 0 aromatic heterocycles. The van der Waals surface area contributed by atoms with Crippen LogP contribution in [0.1, 0.15) is 33.1 Å². The Bertz CT molecular complexity index is 283. The van der Waals surface area contributed by atoms with Gasteiger partial charge in [0.2, 0.25) is 5.91 Å². The van der Waals surface area contributed by atoms with Crippen molar-refractivity contribution >= 4 is 21.8 Å². The van der Waals surface area contributed by atoms with E-state index >= 15 is 0 Å². The van der Waals surface area contributed by atoms with Gasteiger partial charge in [0.1, 0.15) is 0 Å². The van der Waals surface area contributed by atoms with Gasteiger partial charge in [0, 0.05) is 25.7 Å². The molecule has 4 heteroatoms. The first kappa shape index (κ1) is 13.3. The number of rotatable bonds is 3. The van der Waals surface area contributed by atoms with E-state index in [1.54, 1.807) is 0 Å². The number of nitrogens with zero attached hydrogens (tertiary/aromatic N) is 2. The molecule has 0 aliphatic carbocycles. The van der Waals surface area contributed by atoms with Crippen LogP contribution in [-0.2, 0) is 4.79 Å². The predicted molar refractivity (Wildman–Crippen MR) is 73.3 cm³/mol. The minimum atomic E-state index is 0.0684. The van der Waals surface area contributed by atoms with Crippen LogP contribution in [0.4, 0.5) is 0 Å². The van der Waals surface area contributed by atoms with Gasteiger partial charge in [-0.25, -0.2) is 0 Å². The number of amides is 1. The minimum Gasteiger partial charge on any atom is -0.341 e. The fourth-order valence-electron chi connectivity index (χ4n) is 2.87. The van der Waals surface area contributed by atoms with E-state index in [1.807, 2.05) is 0 Å². The molecule has 0 N–H and O–H groups in total. The molecule has 0 aromatic carbocycles. The molecule has 2 unspecified atom stereocenters. The molecule has 2 aliphatic rings. The van der Waals surface area contributed by atoms with Gasteiger partial charge >= 0.3 is 0 Å². The molecule has 2 aliphatic heterocycles. The third-order valence-electron chi connectivity index (χ3n) is 3.99. The summed E-state index contributed by atoms with van der Waals surface area (Å²) in [4.78, 5) is 16.6. The molecule has 3 nitrogen and oxygen atoms in total. The summed E-state index contributed by atoms with van der Waals surface area (Å²) in [6.07, 6.45) is 3.38. The monoisotopic (exact) mass is 302 g/mol. The molecule has 0 radical (unpaired) electrons. The molecule has 2 fully saturated rings. The lowest BCUT2D eigenvalue weighted by Crippen LogP contribution is -2.44. The van der Waals surface area contributed by atoms with E-state index in [-0.39, 0.29) is 4.83 Å². The van der Waals surface area contributed by atoms with Gasteiger partial charge in [-0.1, -0.05) is 15.9 Å². The standard InChI is InChI=1S/C13H23BrN2O/c1-10(2)15-7-5-11(8-15)9-16-6-3-4-12(14)13(16)17/h10-12H,3-9H2,1-2H3. The van der Waals surface area contributed by atoms with Gasteiger partial charge in [0.25, 0.3) is 0 Å². The number of halogens is 1. The second-order valence-corrected chi connectivity index (χ2v) is 6.74. The summed E-state index contributed by atoms with van der Waals surface area (Å²) in [7, 11) is 0. The summed E-state index contributed by atoms with van der Waals surface area (Å²) in [5.74, 6) is 0.985. The fraction of sp³-hybridized carbons (Fsp3) is 0.923. The zero-order valence-electron chi connectivity index (χ0n) is 10.9. The average molecular weight is 303 g/mol. The van der Waals surface area contributed by atoms with Crippen LogP contribution in [-0.4, -0.2) is 52.8 Å². The minimum absolute atomic E-state index is 0.0684. The number of hydrogen-bond donors (Lipinski definition) is 0. The Morgan fingerprint density at radius 3 is 2.76 bits per heavy atom. The third-order valence-corrected chi connectivity index (χ3v) is 4.84. The van der Waals surface area contributed by atoms with Crippen molar-refractivity contribution in [3.63, 3.8) is 0 Å². The van der Waals surface area contributed by atoms with Gasteiger partial charge in [-0.15, -0.1) is 0 Å². The highest BCUT2D eigenvalue weighted by Crippen LogP contribution is 2.23. The molecule has 0 aromatic rings. The predicted octanol–water partition coefficient (Wildman–Crippen LogP) is 2.10. The Hall–Kier alpha value is -0.0900. The van der Waals surface area contributed by atoms with Gasteiger partial charge in [-0.2, -0.15) is 0 Å². The highest BCUT2D eigenvalue weighted by atomic mass is 79.9. The van der Waals surface area contributed by atoms with E-state index in [4.69, 9.17) is 0 Å². The Labute approximate surface area is 113 Å². The maximum atomic E-state index is 12.0. The highest BCUT2D eigenvalue weighted by Gasteiger charge is 2.31. The lowest BCUT2D eigenvalue weighted by molar-refractivity contribution is -0.133. The summed E-state index contributed by atoms with van der Waals surface area (Å²) in [5.41, 5.74) is 0. The lowest BCUT2D eigenvalue weighted by atomic mass is 10.1. The smallest absolute Gasteiger partial charge is 0.236 e. The number of likely N-dealkylation sites (tertiary alicyclic amines) is 2. The molecule has 2 heterocycles. The third kappa shape index (κ3) is 3.22. The van der Waals surface area contributed by atoms with Crippen LogP contribution in [0.3, 0.4) is 0 Å². The molecule has 0 bridgehead atoms. The summed E-state index contributed by atoms with van der Waals surface area (Å²) in [5, 5.41) is 0. The van der Waals surface area contributed by atoms with Crippen molar-refractivity contribution in [2.45, 2.75) is 44.0 Å². The molecule has 2 saturated heterocycles. The second kappa shape index (κ2) is 5.70. The van der Waals surface area contributed by atoms with Crippen molar-refractivity contribution in [2.75, 3.05) is 26.2 Å². The number of alkyl halides is 1. The van der Waals surface area contributed by atoms with Crippen LogP contribution < -0.4 is 0 Å². The van der Waals surface area contributed by atoms with Crippen molar-refractivity contribution in [1.29, 1.82) is 0 Å². The largest absolute Gasteiger partial charge is 0.341 e. The van der Waals surface area contributed by atoms with E-state index < -0.39 is 0 Å². The Kier molecular flexibility index (Phi) is 4.47. The molecule has 0 spiro atoms. The van der Waals surface area contributed by atoms with Crippen molar-refractivity contribution in [1.82, 2.24) is 9.80 Å². The lowest BCUT2D eigenvalue weighted by Gasteiger charge is -2.32. The summed E-state index contributed by atoms with van der Waals surface area (Å²) in [6.45, 7) is 8.78. The van der Waals surface area contributed by atoms with Gasteiger partial charge in [-0.05, 0) is 45.6 Å². The van der Waals surface area contributed by atoms with Crippen LogP contribution in [0.25, 0.3) is 0 Å². The first-order chi connectivity index (χ1) is 8.08. The zero-order valence-corrected chi connectivity index (χ0v) is 12.4. The molecular formula is C13H23BrN2O. The van der Waals surface area contributed by atoms with Crippen LogP contribution in [0.15, 0.2) is 0 Å². The first-order valence-electron chi connectivity index (χ1n) is 6.75. The summed E-state index contributed by atoms with van der Waals surface area (Å²) >= 11 is 3.48. The molecule has 17 heavy (non-hydrogen) atoms. The molecule has 0 saturated carbocycles. The second-order valence-electron chi connectivity index (χ2n) is 5.64. The highest BCUT2D eigenvalue weighted by molar-refractivity contribution is 9.10. The molecule has 98 valence electrons. The van der Waals surface area contributed by atoms with E-state index in [2.05, 4.69) is 39.6 Å². The maximum absolute atomic E-state index is 12.0. The van der Waals surface area contributed by atoms with E-state index in [0.717, 1.165) is 32.5 Å². The maximum Gasteiger partial charge on any atom is 0.236 e. The molecule has 2 rings (SSSR count). The first-order valence-corrected chi connectivity index (χ1v) is 7.66. The normalized spacial score (nSPS) is 31.5. The topological polar surface area (TPSA) is 23.6 Å². The zero-order chi connectivity index (χ0) is 12.4. The summed E-state index contributed by atoms with van der Waals surface area (Å²) < 4.78 is 0. The number of hydrogen-bond acceptors (Lipinski definition) is 2. The van der Waals surface area contributed by atoms with Gasteiger partial charge in [-0.3, -0.25) is 4.79 Å². The Balaban J connectivity index is 1.83. The Morgan fingerprint density at radius 2 is 2.12 bits per heavy atom. The van der Waals surface area contributed by atoms with Crippen LogP contribution >= 0.6 is 15.9 Å². The van der Waals surface area contributed by atoms with Gasteiger partial charge < -0.3 is 9.80 Å². The number of piperidine rings is 1. The van der Waals surface area contributed by atoms with Gasteiger partial charge in [0.15, 0.2) is 0 Å². The number of carbonyl (C=O) groups excluding carboxylic acids is 1. The number of carbonyl (C=O) groups is 1. The molecule has 1 amide bonds. The van der Waals surface area contributed by atoms with Gasteiger partial charge in [0.05, 0.1) is 4.83 Å². The quantitative estimate of drug-likeness (QED) is 0.746. The van der Waals surface area contributed by atoms with Crippen molar-refractivity contribution < 1.29 is 4.79 Å². The molecular weight excluding hydrogens is 280 g/mol. The van der Waals surface area contributed by atoms with E-state index in [1.165, 1.54) is 13.0 Å². The summed E-state index contributed by atoms with van der Waals surface area (Å²) in [6, 6.07) is 0.640. The SMILES string of the molecule is CC(C)N1CCC(CN2CCCC(Br)C2=O)C1. The molecule has 2 atom stereocenters. The van der Waals surface area contributed by atoms with Crippen LogP contribution in [0.5, 0.6) is 0 Å².